The molecule has 0 bridgehead atoms. The van der Waals surface area contributed by atoms with Crippen molar-refractivity contribution in [2.24, 2.45) is 0 Å². The van der Waals surface area contributed by atoms with Crippen LogP contribution in [0.4, 0.5) is 13.2 Å². The lowest BCUT2D eigenvalue weighted by Gasteiger charge is -2.03. The van der Waals surface area contributed by atoms with Crippen molar-refractivity contribution < 1.29 is 28.2 Å². The van der Waals surface area contributed by atoms with Gasteiger partial charge < -0.3 is 10.2 Å². The van der Waals surface area contributed by atoms with Gasteiger partial charge in [0, 0.05) is 11.6 Å². The number of aliphatic hydroxyl groups is 1. The van der Waals surface area contributed by atoms with Gasteiger partial charge in [-0.1, -0.05) is 0 Å². The first-order valence-electron chi connectivity index (χ1n) is 4.12. The summed E-state index contributed by atoms with van der Waals surface area (Å²) in [6, 6.07) is 4.73. The Labute approximate surface area is 88.4 Å². The van der Waals surface area contributed by atoms with Gasteiger partial charge in [0.05, 0.1) is 0 Å². The summed E-state index contributed by atoms with van der Waals surface area (Å²) in [6.07, 6.45) is -4.92. The van der Waals surface area contributed by atoms with Crippen LogP contribution in [0.1, 0.15) is 5.56 Å². The highest BCUT2D eigenvalue weighted by molar-refractivity contribution is 5.99. The normalized spacial score (nSPS) is 12.6. The average Bonchev–Trinajstić information content (AvgIpc) is 2.17. The number of phenols is 1. The summed E-state index contributed by atoms with van der Waals surface area (Å²) >= 11 is 0. The van der Waals surface area contributed by atoms with Crippen LogP contribution in [-0.4, -0.2) is 22.2 Å². The number of halogens is 3. The summed E-state index contributed by atoms with van der Waals surface area (Å²) in [7, 11) is 0. The summed E-state index contributed by atoms with van der Waals surface area (Å²) in [4.78, 5) is 10.5. The number of benzene rings is 1. The van der Waals surface area contributed by atoms with E-state index in [1.54, 1.807) is 0 Å². The minimum absolute atomic E-state index is 0.00963. The van der Waals surface area contributed by atoms with Crippen molar-refractivity contribution in [3.8, 4) is 5.75 Å². The second-order valence-electron chi connectivity index (χ2n) is 2.94. The quantitative estimate of drug-likeness (QED) is 0.608. The molecule has 0 spiro atoms. The van der Waals surface area contributed by atoms with E-state index < -0.39 is 17.7 Å². The summed E-state index contributed by atoms with van der Waals surface area (Å²) < 4.78 is 35.5. The van der Waals surface area contributed by atoms with Crippen LogP contribution in [0.25, 0.3) is 5.76 Å². The number of carbonyl (C=O) groups excluding carboxylic acids is 1. The molecular weight excluding hydrogens is 225 g/mol. The Bertz CT molecular complexity index is 418. The molecule has 3 nitrogen and oxygen atoms in total. The van der Waals surface area contributed by atoms with Crippen LogP contribution in [0.3, 0.4) is 0 Å². The minimum Gasteiger partial charge on any atom is -0.508 e. The summed E-state index contributed by atoms with van der Waals surface area (Å²) in [5, 5.41) is 18.1. The first-order chi connectivity index (χ1) is 7.30. The molecule has 2 N–H and O–H groups in total. The fourth-order valence-corrected chi connectivity index (χ4v) is 0.922. The van der Waals surface area contributed by atoms with Crippen molar-refractivity contribution in [1.82, 2.24) is 0 Å². The van der Waals surface area contributed by atoms with Crippen LogP contribution >= 0.6 is 0 Å². The standard InChI is InChI=1S/C10H7F3O3/c11-10(12,13)9(16)5-8(15)6-1-3-7(14)4-2-6/h1-5,14-15H/b8-5-. The molecule has 0 amide bonds. The van der Waals surface area contributed by atoms with Crippen LogP contribution in [0.5, 0.6) is 5.75 Å². The predicted molar refractivity (Wildman–Crippen MR) is 49.8 cm³/mol. The van der Waals surface area contributed by atoms with Gasteiger partial charge in [0.15, 0.2) is 0 Å². The van der Waals surface area contributed by atoms with E-state index in [1.807, 2.05) is 0 Å². The predicted octanol–water partition coefficient (Wildman–Crippen LogP) is 2.42. The lowest BCUT2D eigenvalue weighted by atomic mass is 10.1. The topological polar surface area (TPSA) is 57.5 Å². The highest BCUT2D eigenvalue weighted by Crippen LogP contribution is 2.20. The van der Waals surface area contributed by atoms with Gasteiger partial charge in [0.2, 0.25) is 0 Å². The van der Waals surface area contributed by atoms with Gasteiger partial charge in [-0.05, 0) is 24.3 Å². The van der Waals surface area contributed by atoms with Gasteiger partial charge in [-0.15, -0.1) is 0 Å². The molecule has 0 saturated carbocycles. The van der Waals surface area contributed by atoms with Gasteiger partial charge in [-0.3, -0.25) is 4.79 Å². The van der Waals surface area contributed by atoms with Crippen molar-refractivity contribution in [3.05, 3.63) is 35.9 Å². The van der Waals surface area contributed by atoms with Crippen molar-refractivity contribution in [3.63, 3.8) is 0 Å². The SMILES string of the molecule is O=C(/C=C(\O)c1ccc(O)cc1)C(F)(F)F. The number of hydrogen-bond donors (Lipinski definition) is 2. The summed E-state index contributed by atoms with van der Waals surface area (Å²) in [5.74, 6) is -3.04. The Hall–Kier alpha value is -1.98. The Morgan fingerprint density at radius 3 is 2.12 bits per heavy atom. The Morgan fingerprint density at radius 1 is 1.19 bits per heavy atom. The molecule has 0 fully saturated rings. The number of aliphatic hydroxyl groups excluding tert-OH is 1. The monoisotopic (exact) mass is 232 g/mol. The number of hydrogen-bond acceptors (Lipinski definition) is 3. The summed E-state index contributed by atoms with van der Waals surface area (Å²) in [5.41, 5.74) is 0.00963. The van der Waals surface area contributed by atoms with Crippen LogP contribution in [0, 0.1) is 0 Å². The number of ketones is 1. The van der Waals surface area contributed by atoms with Gasteiger partial charge in [-0.2, -0.15) is 13.2 Å². The van der Waals surface area contributed by atoms with Crippen LogP contribution < -0.4 is 0 Å². The van der Waals surface area contributed by atoms with Crippen molar-refractivity contribution in [2.45, 2.75) is 6.18 Å². The molecule has 1 rings (SSSR count). The van der Waals surface area contributed by atoms with Gasteiger partial charge in [0.25, 0.3) is 5.78 Å². The Kier molecular flexibility index (Phi) is 3.22. The molecule has 0 aliphatic rings. The third kappa shape index (κ3) is 3.01. The van der Waals surface area contributed by atoms with E-state index in [-0.39, 0.29) is 17.4 Å². The summed E-state index contributed by atoms with van der Waals surface area (Å²) in [6.45, 7) is 0. The first kappa shape index (κ1) is 12.1. The van der Waals surface area contributed by atoms with E-state index in [9.17, 15) is 23.1 Å². The minimum atomic E-state index is -5.01. The van der Waals surface area contributed by atoms with Crippen molar-refractivity contribution >= 4 is 11.5 Å². The number of rotatable bonds is 2. The highest BCUT2D eigenvalue weighted by atomic mass is 19.4. The molecule has 0 aliphatic carbocycles. The fraction of sp³-hybridized carbons (Fsp3) is 0.100. The van der Waals surface area contributed by atoms with E-state index in [1.165, 1.54) is 24.3 Å². The lowest BCUT2D eigenvalue weighted by molar-refractivity contribution is -0.165. The molecule has 6 heteroatoms. The Balaban J connectivity index is 2.94. The highest BCUT2D eigenvalue weighted by Gasteiger charge is 2.36. The van der Waals surface area contributed by atoms with Crippen LogP contribution in [0.2, 0.25) is 0 Å². The molecule has 86 valence electrons. The maximum absolute atomic E-state index is 11.8. The first-order valence-corrected chi connectivity index (χ1v) is 4.12. The number of allylic oxidation sites excluding steroid dienone is 1. The molecule has 0 aliphatic heterocycles. The van der Waals surface area contributed by atoms with Crippen molar-refractivity contribution in [2.75, 3.05) is 0 Å². The fourth-order valence-electron chi connectivity index (χ4n) is 0.922. The van der Waals surface area contributed by atoms with Gasteiger partial charge >= 0.3 is 6.18 Å². The molecule has 0 heterocycles. The maximum Gasteiger partial charge on any atom is 0.454 e. The molecule has 0 aromatic heterocycles. The van der Waals surface area contributed by atoms with E-state index in [0.29, 0.717) is 0 Å². The number of phenolic OH excluding ortho intramolecular Hbond substituents is 1. The van der Waals surface area contributed by atoms with Crippen molar-refractivity contribution in [1.29, 1.82) is 0 Å². The largest absolute Gasteiger partial charge is 0.508 e. The smallest absolute Gasteiger partial charge is 0.454 e. The van der Waals surface area contributed by atoms with Crippen LogP contribution in [-0.2, 0) is 4.79 Å². The van der Waals surface area contributed by atoms with E-state index in [4.69, 9.17) is 5.11 Å². The van der Waals surface area contributed by atoms with E-state index in [0.717, 1.165) is 0 Å². The third-order valence-corrected chi connectivity index (χ3v) is 1.71. The third-order valence-electron chi connectivity index (χ3n) is 1.71. The zero-order valence-electron chi connectivity index (χ0n) is 7.82. The zero-order valence-corrected chi connectivity index (χ0v) is 7.82. The van der Waals surface area contributed by atoms with E-state index in [2.05, 4.69) is 0 Å². The number of carbonyl (C=O) groups is 1. The molecular formula is C10H7F3O3. The molecule has 1 aromatic rings. The van der Waals surface area contributed by atoms with Crippen LogP contribution in [0.15, 0.2) is 30.3 Å². The molecule has 0 saturated heterocycles. The Morgan fingerprint density at radius 2 is 1.69 bits per heavy atom. The zero-order chi connectivity index (χ0) is 12.3. The number of aromatic hydroxyl groups is 1. The lowest BCUT2D eigenvalue weighted by Crippen LogP contribution is -2.20. The number of alkyl halides is 3. The van der Waals surface area contributed by atoms with E-state index >= 15 is 0 Å². The molecule has 1 aromatic carbocycles. The molecule has 0 atom stereocenters. The second-order valence-corrected chi connectivity index (χ2v) is 2.94. The molecule has 0 unspecified atom stereocenters. The molecule has 0 radical (unpaired) electrons. The molecule has 16 heavy (non-hydrogen) atoms. The maximum atomic E-state index is 11.8. The van der Waals surface area contributed by atoms with Gasteiger partial charge in [-0.25, -0.2) is 0 Å². The van der Waals surface area contributed by atoms with Gasteiger partial charge in [0.1, 0.15) is 11.5 Å². The second kappa shape index (κ2) is 4.26. The average molecular weight is 232 g/mol.